The Labute approximate surface area is 122 Å². The van der Waals surface area contributed by atoms with Gasteiger partial charge < -0.3 is 10.6 Å². The molecule has 0 aliphatic carbocycles. The van der Waals surface area contributed by atoms with Crippen molar-refractivity contribution in [3.8, 4) is 5.69 Å². The molecule has 1 aromatic heterocycles. The average Bonchev–Trinajstić information content (AvgIpc) is 2.97. The van der Waals surface area contributed by atoms with Gasteiger partial charge in [0.25, 0.3) is 0 Å². The second kappa shape index (κ2) is 6.96. The standard InChI is InChI=1S/C14H17ClN4O/c1-2-6-16-14(20)10-17-12-9-11(15)4-5-13(12)19-8-3-7-18-19/h3-5,7-9,17H,2,6,10H2,1H3,(H,16,20). The molecule has 0 aliphatic heterocycles. The van der Waals surface area contributed by atoms with Crippen LogP contribution in [0.2, 0.25) is 5.02 Å². The van der Waals surface area contributed by atoms with Crippen LogP contribution in [0.1, 0.15) is 13.3 Å². The first kappa shape index (κ1) is 14.4. The Morgan fingerprint density at radius 1 is 1.45 bits per heavy atom. The zero-order chi connectivity index (χ0) is 14.4. The highest BCUT2D eigenvalue weighted by molar-refractivity contribution is 6.31. The van der Waals surface area contributed by atoms with E-state index in [1.54, 1.807) is 23.0 Å². The molecule has 0 fully saturated rings. The first-order valence-electron chi connectivity index (χ1n) is 6.51. The van der Waals surface area contributed by atoms with Crippen LogP contribution in [0, 0.1) is 0 Å². The summed E-state index contributed by atoms with van der Waals surface area (Å²) in [6.07, 6.45) is 4.46. The van der Waals surface area contributed by atoms with Crippen molar-refractivity contribution in [2.75, 3.05) is 18.4 Å². The fourth-order valence-electron chi connectivity index (χ4n) is 1.76. The maximum absolute atomic E-state index is 11.6. The summed E-state index contributed by atoms with van der Waals surface area (Å²) in [6, 6.07) is 7.28. The molecule has 0 spiro atoms. The van der Waals surface area contributed by atoms with Crippen molar-refractivity contribution >= 4 is 23.2 Å². The number of hydrogen-bond acceptors (Lipinski definition) is 3. The molecule has 20 heavy (non-hydrogen) atoms. The summed E-state index contributed by atoms with van der Waals surface area (Å²) in [5.74, 6) is -0.0433. The number of hydrogen-bond donors (Lipinski definition) is 2. The number of halogens is 1. The van der Waals surface area contributed by atoms with Gasteiger partial charge in [-0.25, -0.2) is 4.68 Å². The molecule has 2 aromatic rings. The Bertz CT molecular complexity index is 569. The molecule has 0 bridgehead atoms. The van der Waals surface area contributed by atoms with Crippen molar-refractivity contribution in [1.82, 2.24) is 15.1 Å². The van der Waals surface area contributed by atoms with Gasteiger partial charge in [0.1, 0.15) is 0 Å². The molecule has 0 radical (unpaired) electrons. The van der Waals surface area contributed by atoms with Crippen LogP contribution >= 0.6 is 11.6 Å². The summed E-state index contributed by atoms with van der Waals surface area (Å²) >= 11 is 6.01. The second-order valence-corrected chi connectivity index (χ2v) is 4.75. The lowest BCUT2D eigenvalue weighted by Crippen LogP contribution is -2.30. The van der Waals surface area contributed by atoms with Crippen molar-refractivity contribution in [2.24, 2.45) is 0 Å². The van der Waals surface area contributed by atoms with Crippen molar-refractivity contribution in [3.05, 3.63) is 41.7 Å². The van der Waals surface area contributed by atoms with E-state index in [0.717, 1.165) is 17.8 Å². The second-order valence-electron chi connectivity index (χ2n) is 4.32. The zero-order valence-corrected chi connectivity index (χ0v) is 12.0. The normalized spacial score (nSPS) is 10.3. The maximum Gasteiger partial charge on any atom is 0.239 e. The number of nitrogens with zero attached hydrogens (tertiary/aromatic N) is 2. The molecular formula is C14H17ClN4O. The van der Waals surface area contributed by atoms with E-state index in [4.69, 9.17) is 11.6 Å². The highest BCUT2D eigenvalue weighted by atomic mass is 35.5. The third kappa shape index (κ3) is 3.74. The van der Waals surface area contributed by atoms with E-state index in [-0.39, 0.29) is 12.5 Å². The molecule has 1 heterocycles. The Kier molecular flexibility index (Phi) is 5.01. The van der Waals surface area contributed by atoms with E-state index in [2.05, 4.69) is 15.7 Å². The first-order valence-corrected chi connectivity index (χ1v) is 6.88. The molecule has 106 valence electrons. The summed E-state index contributed by atoms with van der Waals surface area (Å²) in [5, 5.41) is 10.7. The number of anilines is 1. The highest BCUT2D eigenvalue weighted by Crippen LogP contribution is 2.23. The Balaban J connectivity index is 2.10. The van der Waals surface area contributed by atoms with Gasteiger partial charge in [-0.05, 0) is 30.7 Å². The summed E-state index contributed by atoms with van der Waals surface area (Å²) in [5.41, 5.74) is 1.62. The van der Waals surface area contributed by atoms with Crippen molar-refractivity contribution in [2.45, 2.75) is 13.3 Å². The van der Waals surface area contributed by atoms with Crippen molar-refractivity contribution in [1.29, 1.82) is 0 Å². The molecule has 0 atom stereocenters. The predicted octanol–water partition coefficient (Wildman–Crippen LogP) is 2.46. The lowest BCUT2D eigenvalue weighted by Gasteiger charge is -2.12. The molecule has 1 aromatic carbocycles. The SMILES string of the molecule is CCCNC(=O)CNc1cc(Cl)ccc1-n1cccn1. The number of carbonyl (C=O) groups is 1. The lowest BCUT2D eigenvalue weighted by atomic mass is 10.2. The number of nitrogens with one attached hydrogen (secondary N) is 2. The van der Waals surface area contributed by atoms with E-state index in [1.807, 2.05) is 25.3 Å². The van der Waals surface area contributed by atoms with Gasteiger partial charge in [0.15, 0.2) is 0 Å². The van der Waals surface area contributed by atoms with Gasteiger partial charge in [0.05, 0.1) is 17.9 Å². The quantitative estimate of drug-likeness (QED) is 0.860. The van der Waals surface area contributed by atoms with E-state index in [0.29, 0.717) is 11.6 Å². The summed E-state index contributed by atoms with van der Waals surface area (Å²) in [7, 11) is 0. The van der Waals surface area contributed by atoms with Crippen LogP contribution in [0.25, 0.3) is 5.69 Å². The lowest BCUT2D eigenvalue weighted by molar-refractivity contribution is -0.119. The number of carbonyl (C=O) groups excluding carboxylic acids is 1. The molecule has 2 rings (SSSR count). The number of benzene rings is 1. The van der Waals surface area contributed by atoms with Crippen molar-refractivity contribution in [3.63, 3.8) is 0 Å². The monoisotopic (exact) mass is 292 g/mol. The third-order valence-electron chi connectivity index (χ3n) is 2.72. The molecule has 0 saturated carbocycles. The molecule has 0 aliphatic rings. The molecule has 1 amide bonds. The first-order chi connectivity index (χ1) is 9.70. The molecule has 2 N–H and O–H groups in total. The highest BCUT2D eigenvalue weighted by Gasteiger charge is 2.07. The van der Waals surface area contributed by atoms with E-state index in [9.17, 15) is 4.79 Å². The Morgan fingerprint density at radius 2 is 2.30 bits per heavy atom. The Morgan fingerprint density at radius 3 is 3.00 bits per heavy atom. The number of aromatic nitrogens is 2. The minimum atomic E-state index is -0.0433. The molecule has 5 nitrogen and oxygen atoms in total. The van der Waals surface area contributed by atoms with Gasteiger partial charge in [-0.1, -0.05) is 18.5 Å². The van der Waals surface area contributed by atoms with Crippen LogP contribution in [-0.4, -0.2) is 28.8 Å². The van der Waals surface area contributed by atoms with Gasteiger partial charge >= 0.3 is 0 Å². The fourth-order valence-corrected chi connectivity index (χ4v) is 1.94. The average molecular weight is 293 g/mol. The topological polar surface area (TPSA) is 59.0 Å². The number of rotatable bonds is 6. The van der Waals surface area contributed by atoms with E-state index in [1.165, 1.54) is 0 Å². The minimum absolute atomic E-state index is 0.0433. The van der Waals surface area contributed by atoms with Gasteiger partial charge in [0.2, 0.25) is 5.91 Å². The molecule has 6 heteroatoms. The van der Waals surface area contributed by atoms with E-state index >= 15 is 0 Å². The van der Waals surface area contributed by atoms with Crippen LogP contribution < -0.4 is 10.6 Å². The Hall–Kier alpha value is -2.01. The largest absolute Gasteiger partial charge is 0.374 e. The van der Waals surface area contributed by atoms with Gasteiger partial charge in [0, 0.05) is 24.0 Å². The van der Waals surface area contributed by atoms with Gasteiger partial charge in [-0.2, -0.15) is 5.10 Å². The fraction of sp³-hybridized carbons (Fsp3) is 0.286. The third-order valence-corrected chi connectivity index (χ3v) is 2.96. The van der Waals surface area contributed by atoms with Crippen LogP contribution in [0.3, 0.4) is 0 Å². The molecular weight excluding hydrogens is 276 g/mol. The van der Waals surface area contributed by atoms with E-state index < -0.39 is 0 Å². The van der Waals surface area contributed by atoms with Crippen molar-refractivity contribution < 1.29 is 4.79 Å². The van der Waals surface area contributed by atoms with Crippen LogP contribution in [0.4, 0.5) is 5.69 Å². The predicted molar refractivity (Wildman–Crippen MR) is 80.4 cm³/mol. The number of amides is 1. The molecule has 0 unspecified atom stereocenters. The summed E-state index contributed by atoms with van der Waals surface area (Å²) in [6.45, 7) is 2.90. The maximum atomic E-state index is 11.6. The van der Waals surface area contributed by atoms with Gasteiger partial charge in [-0.3, -0.25) is 4.79 Å². The summed E-state index contributed by atoms with van der Waals surface area (Å²) in [4.78, 5) is 11.6. The minimum Gasteiger partial charge on any atom is -0.374 e. The smallest absolute Gasteiger partial charge is 0.239 e. The van der Waals surface area contributed by atoms with Crippen LogP contribution in [0.5, 0.6) is 0 Å². The van der Waals surface area contributed by atoms with Crippen LogP contribution in [-0.2, 0) is 4.79 Å². The van der Waals surface area contributed by atoms with Gasteiger partial charge in [-0.15, -0.1) is 0 Å². The van der Waals surface area contributed by atoms with Crippen LogP contribution in [0.15, 0.2) is 36.7 Å². The molecule has 0 saturated heterocycles. The summed E-state index contributed by atoms with van der Waals surface area (Å²) < 4.78 is 1.72. The zero-order valence-electron chi connectivity index (χ0n) is 11.3.